The first kappa shape index (κ1) is 11.7. The van der Waals surface area contributed by atoms with E-state index in [1.165, 1.54) is 0 Å². The Morgan fingerprint density at radius 1 is 1.12 bits per heavy atom. The Balaban J connectivity index is 2.23. The lowest BCUT2D eigenvalue weighted by molar-refractivity contribution is 0.574. The molecule has 0 spiro atoms. The minimum atomic E-state index is 0.397. The third kappa shape index (κ3) is 3.07. The van der Waals surface area contributed by atoms with Gasteiger partial charge in [-0.15, -0.1) is 0 Å². The predicted octanol–water partition coefficient (Wildman–Crippen LogP) is 1.68. The summed E-state index contributed by atoms with van der Waals surface area (Å²) in [6.45, 7) is 2.74. The van der Waals surface area contributed by atoms with Gasteiger partial charge >= 0.3 is 0 Å². The molecular formula is C13H16N4. The number of nitrogens with two attached hydrogens (primary N) is 1. The maximum Gasteiger partial charge on any atom is 0.129 e. The van der Waals surface area contributed by atoms with Crippen LogP contribution in [0.25, 0.3) is 11.4 Å². The van der Waals surface area contributed by atoms with Gasteiger partial charge in [-0.2, -0.15) is 0 Å². The first-order valence-corrected chi connectivity index (χ1v) is 5.73. The smallest absolute Gasteiger partial charge is 0.129 e. The normalized spacial score (nSPS) is 12.4. The van der Waals surface area contributed by atoms with Gasteiger partial charge in [0.05, 0.1) is 11.4 Å². The Labute approximate surface area is 101 Å². The van der Waals surface area contributed by atoms with E-state index >= 15 is 0 Å². The molecule has 17 heavy (non-hydrogen) atoms. The van der Waals surface area contributed by atoms with Gasteiger partial charge in [0.15, 0.2) is 0 Å². The molecule has 2 rings (SSSR count). The zero-order chi connectivity index (χ0) is 12.1. The summed E-state index contributed by atoms with van der Waals surface area (Å²) in [6.07, 6.45) is 4.34. The minimum Gasteiger partial charge on any atom is -0.330 e. The highest BCUT2D eigenvalue weighted by atomic mass is 14.9. The van der Waals surface area contributed by atoms with E-state index in [1.54, 1.807) is 12.4 Å². The Bertz CT molecular complexity index is 470. The van der Waals surface area contributed by atoms with Crippen LogP contribution in [0.5, 0.6) is 0 Å². The van der Waals surface area contributed by atoms with Gasteiger partial charge < -0.3 is 5.73 Å². The molecule has 2 heterocycles. The molecule has 0 fully saturated rings. The standard InChI is InChI=1S/C13H16N4/c1-10(9-14)8-13-16-7-5-12(17-13)11-4-2-3-6-15-11/h2-7,10H,8-9,14H2,1H3. The number of nitrogens with zero attached hydrogens (tertiary/aromatic N) is 3. The quantitative estimate of drug-likeness (QED) is 0.864. The average Bonchev–Trinajstić information content (AvgIpc) is 2.40. The van der Waals surface area contributed by atoms with Crippen molar-refractivity contribution >= 4 is 0 Å². The van der Waals surface area contributed by atoms with Crippen molar-refractivity contribution in [3.63, 3.8) is 0 Å². The number of rotatable bonds is 4. The van der Waals surface area contributed by atoms with Crippen molar-refractivity contribution in [3.8, 4) is 11.4 Å². The Hall–Kier alpha value is -1.81. The number of hydrogen-bond donors (Lipinski definition) is 1. The molecule has 0 aliphatic rings. The van der Waals surface area contributed by atoms with E-state index < -0.39 is 0 Å². The van der Waals surface area contributed by atoms with Gasteiger partial charge in [-0.05, 0) is 30.7 Å². The Kier molecular flexibility index (Phi) is 3.77. The van der Waals surface area contributed by atoms with Gasteiger partial charge in [0.2, 0.25) is 0 Å². The summed E-state index contributed by atoms with van der Waals surface area (Å²) in [5.74, 6) is 1.22. The predicted molar refractivity (Wildman–Crippen MR) is 67.2 cm³/mol. The molecule has 4 heteroatoms. The third-order valence-electron chi connectivity index (χ3n) is 2.57. The molecule has 0 amide bonds. The molecule has 0 aliphatic heterocycles. The molecular weight excluding hydrogens is 212 g/mol. The topological polar surface area (TPSA) is 64.7 Å². The van der Waals surface area contributed by atoms with Crippen molar-refractivity contribution in [1.29, 1.82) is 0 Å². The van der Waals surface area contributed by atoms with Gasteiger partial charge in [0.25, 0.3) is 0 Å². The van der Waals surface area contributed by atoms with E-state index in [4.69, 9.17) is 5.73 Å². The summed E-state index contributed by atoms with van der Waals surface area (Å²) < 4.78 is 0. The fourth-order valence-corrected chi connectivity index (χ4v) is 1.55. The molecule has 0 aliphatic carbocycles. The van der Waals surface area contributed by atoms with Crippen molar-refractivity contribution in [2.75, 3.05) is 6.54 Å². The molecule has 0 aromatic carbocycles. The van der Waals surface area contributed by atoms with Crippen LogP contribution in [0.2, 0.25) is 0 Å². The highest BCUT2D eigenvalue weighted by Gasteiger charge is 2.06. The second-order valence-corrected chi connectivity index (χ2v) is 4.12. The van der Waals surface area contributed by atoms with Crippen LogP contribution in [0.4, 0.5) is 0 Å². The van der Waals surface area contributed by atoms with Crippen LogP contribution in [0, 0.1) is 5.92 Å². The van der Waals surface area contributed by atoms with E-state index in [0.717, 1.165) is 23.6 Å². The summed E-state index contributed by atoms with van der Waals surface area (Å²) in [5.41, 5.74) is 7.33. The van der Waals surface area contributed by atoms with Gasteiger partial charge in [-0.3, -0.25) is 4.98 Å². The maximum absolute atomic E-state index is 5.60. The van der Waals surface area contributed by atoms with Gasteiger partial charge in [-0.25, -0.2) is 9.97 Å². The lowest BCUT2D eigenvalue weighted by atomic mass is 10.1. The maximum atomic E-state index is 5.60. The zero-order valence-electron chi connectivity index (χ0n) is 9.87. The molecule has 1 atom stereocenters. The van der Waals surface area contributed by atoms with Crippen molar-refractivity contribution in [1.82, 2.24) is 15.0 Å². The lowest BCUT2D eigenvalue weighted by Gasteiger charge is -2.07. The molecule has 0 saturated heterocycles. The summed E-state index contributed by atoms with van der Waals surface area (Å²) in [4.78, 5) is 13.0. The van der Waals surface area contributed by atoms with E-state index in [0.29, 0.717) is 12.5 Å². The third-order valence-corrected chi connectivity index (χ3v) is 2.57. The fraction of sp³-hybridized carbons (Fsp3) is 0.308. The SMILES string of the molecule is CC(CN)Cc1nccc(-c2ccccn2)n1. The summed E-state index contributed by atoms with van der Waals surface area (Å²) >= 11 is 0. The first-order chi connectivity index (χ1) is 8.29. The van der Waals surface area contributed by atoms with Crippen LogP contribution < -0.4 is 5.73 Å². The minimum absolute atomic E-state index is 0.397. The summed E-state index contributed by atoms with van der Waals surface area (Å²) in [7, 11) is 0. The Morgan fingerprint density at radius 2 is 2.00 bits per heavy atom. The zero-order valence-corrected chi connectivity index (χ0v) is 9.87. The molecule has 2 aromatic rings. The summed E-state index contributed by atoms with van der Waals surface area (Å²) in [5, 5.41) is 0. The molecule has 88 valence electrons. The van der Waals surface area contributed by atoms with E-state index in [2.05, 4.69) is 21.9 Å². The van der Waals surface area contributed by atoms with Crippen LogP contribution in [0.15, 0.2) is 36.7 Å². The van der Waals surface area contributed by atoms with E-state index in [9.17, 15) is 0 Å². The van der Waals surface area contributed by atoms with Crippen molar-refractivity contribution in [3.05, 3.63) is 42.5 Å². The molecule has 0 radical (unpaired) electrons. The highest BCUT2D eigenvalue weighted by molar-refractivity contribution is 5.52. The largest absolute Gasteiger partial charge is 0.330 e. The molecule has 0 bridgehead atoms. The van der Waals surface area contributed by atoms with Gasteiger partial charge in [0, 0.05) is 18.8 Å². The van der Waals surface area contributed by atoms with Crippen molar-refractivity contribution in [2.24, 2.45) is 11.7 Å². The first-order valence-electron chi connectivity index (χ1n) is 5.73. The number of aromatic nitrogens is 3. The molecule has 4 nitrogen and oxygen atoms in total. The van der Waals surface area contributed by atoms with Crippen LogP contribution in [0.1, 0.15) is 12.7 Å². The second kappa shape index (κ2) is 5.50. The second-order valence-electron chi connectivity index (χ2n) is 4.12. The highest BCUT2D eigenvalue weighted by Crippen LogP contribution is 2.13. The molecule has 0 saturated carbocycles. The van der Waals surface area contributed by atoms with Crippen LogP contribution in [0.3, 0.4) is 0 Å². The van der Waals surface area contributed by atoms with E-state index in [1.807, 2.05) is 24.3 Å². The fourth-order valence-electron chi connectivity index (χ4n) is 1.55. The number of hydrogen-bond acceptors (Lipinski definition) is 4. The van der Waals surface area contributed by atoms with Crippen molar-refractivity contribution in [2.45, 2.75) is 13.3 Å². The van der Waals surface area contributed by atoms with E-state index in [-0.39, 0.29) is 0 Å². The number of pyridine rings is 1. The Morgan fingerprint density at radius 3 is 2.71 bits per heavy atom. The van der Waals surface area contributed by atoms with Crippen LogP contribution in [-0.4, -0.2) is 21.5 Å². The lowest BCUT2D eigenvalue weighted by Crippen LogP contribution is -2.14. The summed E-state index contributed by atoms with van der Waals surface area (Å²) in [6, 6.07) is 7.66. The monoisotopic (exact) mass is 228 g/mol. The van der Waals surface area contributed by atoms with Crippen LogP contribution >= 0.6 is 0 Å². The van der Waals surface area contributed by atoms with Crippen LogP contribution in [-0.2, 0) is 6.42 Å². The van der Waals surface area contributed by atoms with Gasteiger partial charge in [0.1, 0.15) is 5.82 Å². The molecule has 2 aromatic heterocycles. The van der Waals surface area contributed by atoms with Crippen molar-refractivity contribution < 1.29 is 0 Å². The molecule has 1 unspecified atom stereocenters. The average molecular weight is 228 g/mol. The van der Waals surface area contributed by atoms with Gasteiger partial charge in [-0.1, -0.05) is 13.0 Å². The molecule has 2 N–H and O–H groups in total.